The van der Waals surface area contributed by atoms with E-state index >= 15 is 0 Å². The minimum atomic E-state index is -0.334. The van der Waals surface area contributed by atoms with E-state index in [-0.39, 0.29) is 5.82 Å². The summed E-state index contributed by atoms with van der Waals surface area (Å²) in [6.07, 6.45) is 4.27. The van der Waals surface area contributed by atoms with Crippen molar-refractivity contribution in [2.75, 3.05) is 6.54 Å². The molecule has 0 aliphatic heterocycles. The summed E-state index contributed by atoms with van der Waals surface area (Å²) in [7, 11) is 0. The molecule has 4 nitrogen and oxygen atoms in total. The molecule has 0 amide bonds. The predicted molar refractivity (Wildman–Crippen MR) is 75.2 cm³/mol. The van der Waals surface area contributed by atoms with Gasteiger partial charge in [-0.2, -0.15) is 0 Å². The summed E-state index contributed by atoms with van der Waals surface area (Å²) < 4.78 is 18.8. The second-order valence-electron chi connectivity index (χ2n) is 4.54. The van der Waals surface area contributed by atoms with Crippen molar-refractivity contribution in [3.05, 3.63) is 47.7 Å². The van der Waals surface area contributed by atoms with Crippen LogP contribution in [-0.2, 0) is 6.54 Å². The summed E-state index contributed by atoms with van der Waals surface area (Å²) in [4.78, 5) is 8.43. The monoisotopic (exact) mass is 275 g/mol. The molecular weight excluding hydrogens is 257 g/mol. The van der Waals surface area contributed by atoms with Gasteiger partial charge in [-0.1, -0.05) is 13.0 Å². The lowest BCUT2D eigenvalue weighted by atomic mass is 10.2. The van der Waals surface area contributed by atoms with Gasteiger partial charge in [0.1, 0.15) is 11.6 Å². The highest BCUT2D eigenvalue weighted by molar-refractivity contribution is 5.35. The number of halogens is 1. The van der Waals surface area contributed by atoms with Crippen LogP contribution in [0.5, 0.6) is 11.6 Å². The first-order chi connectivity index (χ1) is 9.69. The van der Waals surface area contributed by atoms with Crippen LogP contribution in [0.25, 0.3) is 0 Å². The molecule has 0 saturated heterocycles. The first-order valence-electron chi connectivity index (χ1n) is 6.64. The number of rotatable bonds is 6. The van der Waals surface area contributed by atoms with Crippen molar-refractivity contribution in [2.24, 2.45) is 0 Å². The molecule has 0 aliphatic rings. The van der Waals surface area contributed by atoms with E-state index in [9.17, 15) is 4.39 Å². The molecule has 0 fully saturated rings. The quantitative estimate of drug-likeness (QED) is 0.822. The number of nitrogens with zero attached hydrogens (tertiary/aromatic N) is 2. The number of ether oxygens (including phenoxy) is 1. The molecule has 0 aliphatic carbocycles. The molecule has 0 unspecified atom stereocenters. The zero-order valence-corrected chi connectivity index (χ0v) is 11.7. The van der Waals surface area contributed by atoms with Crippen LogP contribution in [0.4, 0.5) is 4.39 Å². The number of aryl methyl sites for hydroxylation is 1. The highest BCUT2D eigenvalue weighted by atomic mass is 19.1. The number of benzene rings is 1. The molecule has 0 saturated carbocycles. The minimum absolute atomic E-state index is 0.334. The third kappa shape index (κ3) is 3.99. The van der Waals surface area contributed by atoms with Gasteiger partial charge in [0.05, 0.1) is 11.9 Å². The van der Waals surface area contributed by atoms with Crippen LogP contribution < -0.4 is 10.1 Å². The molecule has 0 atom stereocenters. The van der Waals surface area contributed by atoms with E-state index in [1.54, 1.807) is 12.3 Å². The Labute approximate surface area is 118 Å². The molecule has 2 aromatic rings. The van der Waals surface area contributed by atoms with E-state index in [1.807, 2.05) is 6.92 Å². The summed E-state index contributed by atoms with van der Waals surface area (Å²) in [5.74, 6) is 0.492. The van der Waals surface area contributed by atoms with Gasteiger partial charge in [-0.05, 0) is 31.5 Å². The highest BCUT2D eigenvalue weighted by Crippen LogP contribution is 2.24. The largest absolute Gasteiger partial charge is 0.437 e. The average molecular weight is 275 g/mol. The lowest BCUT2D eigenvalue weighted by Crippen LogP contribution is -2.15. The summed E-state index contributed by atoms with van der Waals surface area (Å²) in [5.41, 5.74) is 1.65. The van der Waals surface area contributed by atoms with Gasteiger partial charge in [-0.15, -0.1) is 0 Å². The van der Waals surface area contributed by atoms with Crippen molar-refractivity contribution in [1.82, 2.24) is 15.3 Å². The van der Waals surface area contributed by atoms with E-state index in [4.69, 9.17) is 4.74 Å². The first-order valence-corrected chi connectivity index (χ1v) is 6.64. The summed E-state index contributed by atoms with van der Waals surface area (Å²) >= 11 is 0. The van der Waals surface area contributed by atoms with E-state index in [0.717, 1.165) is 24.2 Å². The summed E-state index contributed by atoms with van der Waals surface area (Å²) in [6.45, 7) is 5.52. The van der Waals surface area contributed by atoms with E-state index in [2.05, 4.69) is 22.2 Å². The second-order valence-corrected chi connectivity index (χ2v) is 4.54. The van der Waals surface area contributed by atoms with Gasteiger partial charge in [-0.25, -0.2) is 9.37 Å². The molecule has 0 radical (unpaired) electrons. The average Bonchev–Trinajstić information content (AvgIpc) is 2.44. The van der Waals surface area contributed by atoms with Gasteiger partial charge in [0.25, 0.3) is 0 Å². The van der Waals surface area contributed by atoms with Crippen LogP contribution in [0.2, 0.25) is 0 Å². The van der Waals surface area contributed by atoms with Crippen LogP contribution in [0, 0.1) is 12.7 Å². The first kappa shape index (κ1) is 14.4. The van der Waals surface area contributed by atoms with Gasteiger partial charge < -0.3 is 10.1 Å². The number of nitrogens with one attached hydrogen (secondary N) is 1. The Balaban J connectivity index is 2.09. The van der Waals surface area contributed by atoms with Crippen molar-refractivity contribution in [3.8, 4) is 11.6 Å². The van der Waals surface area contributed by atoms with Crippen LogP contribution in [-0.4, -0.2) is 16.5 Å². The lowest BCUT2D eigenvalue weighted by Gasteiger charge is -2.09. The van der Waals surface area contributed by atoms with Crippen molar-refractivity contribution in [1.29, 1.82) is 0 Å². The predicted octanol–water partition coefficient (Wildman–Crippen LogP) is 3.22. The Hall–Kier alpha value is -2.01. The van der Waals surface area contributed by atoms with Crippen molar-refractivity contribution in [2.45, 2.75) is 26.8 Å². The molecule has 106 valence electrons. The fourth-order valence-electron chi connectivity index (χ4n) is 1.71. The van der Waals surface area contributed by atoms with Crippen LogP contribution in [0.1, 0.15) is 24.6 Å². The minimum Gasteiger partial charge on any atom is -0.437 e. The normalized spacial score (nSPS) is 10.6. The van der Waals surface area contributed by atoms with Gasteiger partial charge >= 0.3 is 0 Å². The van der Waals surface area contributed by atoms with Gasteiger partial charge in [-0.3, -0.25) is 4.98 Å². The SMILES string of the molecule is CCCNCc1cncc(Oc2cc(F)ccc2C)n1. The Morgan fingerprint density at radius 2 is 2.15 bits per heavy atom. The molecule has 5 heteroatoms. The topological polar surface area (TPSA) is 47.0 Å². The fraction of sp³-hybridized carbons (Fsp3) is 0.333. The summed E-state index contributed by atoms with van der Waals surface area (Å²) in [5, 5.41) is 3.24. The van der Waals surface area contributed by atoms with Crippen LogP contribution in [0.15, 0.2) is 30.6 Å². The second kappa shape index (κ2) is 6.96. The maximum Gasteiger partial charge on any atom is 0.238 e. The molecule has 20 heavy (non-hydrogen) atoms. The molecule has 2 rings (SSSR count). The van der Waals surface area contributed by atoms with Crippen molar-refractivity contribution >= 4 is 0 Å². The lowest BCUT2D eigenvalue weighted by molar-refractivity contribution is 0.448. The third-order valence-electron chi connectivity index (χ3n) is 2.76. The van der Waals surface area contributed by atoms with Gasteiger partial charge in [0.2, 0.25) is 5.88 Å². The molecule has 1 aromatic carbocycles. The molecule has 1 aromatic heterocycles. The van der Waals surface area contributed by atoms with Crippen molar-refractivity contribution < 1.29 is 9.13 Å². The molecule has 1 heterocycles. The number of hydrogen-bond donors (Lipinski definition) is 1. The van der Waals surface area contributed by atoms with Crippen LogP contribution >= 0.6 is 0 Å². The van der Waals surface area contributed by atoms with Crippen molar-refractivity contribution in [3.63, 3.8) is 0 Å². The number of aromatic nitrogens is 2. The Kier molecular flexibility index (Phi) is 5.01. The van der Waals surface area contributed by atoms with Gasteiger partial charge in [0.15, 0.2) is 0 Å². The maximum atomic E-state index is 13.2. The molecular formula is C15H18FN3O. The molecule has 0 spiro atoms. The number of hydrogen-bond acceptors (Lipinski definition) is 4. The Bertz CT molecular complexity index is 575. The zero-order chi connectivity index (χ0) is 14.4. The van der Waals surface area contributed by atoms with Crippen LogP contribution in [0.3, 0.4) is 0 Å². The Morgan fingerprint density at radius 1 is 1.30 bits per heavy atom. The Morgan fingerprint density at radius 3 is 2.95 bits per heavy atom. The van der Waals surface area contributed by atoms with E-state index in [0.29, 0.717) is 18.2 Å². The smallest absolute Gasteiger partial charge is 0.238 e. The molecule has 0 bridgehead atoms. The maximum absolute atomic E-state index is 13.2. The fourth-order valence-corrected chi connectivity index (χ4v) is 1.71. The summed E-state index contributed by atoms with van der Waals surface area (Å²) in [6, 6.07) is 4.42. The van der Waals surface area contributed by atoms with Gasteiger partial charge in [0, 0.05) is 18.8 Å². The third-order valence-corrected chi connectivity index (χ3v) is 2.76. The highest BCUT2D eigenvalue weighted by Gasteiger charge is 2.05. The standard InChI is InChI=1S/C15H18FN3O/c1-3-6-17-8-13-9-18-10-15(19-13)20-14-7-12(16)5-4-11(14)2/h4-5,7,9-10,17H,3,6,8H2,1-2H3. The zero-order valence-electron chi connectivity index (χ0n) is 11.7. The molecule has 1 N–H and O–H groups in total. The van der Waals surface area contributed by atoms with E-state index < -0.39 is 0 Å². The van der Waals surface area contributed by atoms with E-state index in [1.165, 1.54) is 18.3 Å².